The molecule has 0 heterocycles. The van der Waals surface area contributed by atoms with Crippen LogP contribution in [-0.4, -0.2) is 5.60 Å². The minimum Gasteiger partial charge on any atom is -0.230 e. The summed E-state index contributed by atoms with van der Waals surface area (Å²) in [5.41, 5.74) is -0.741. The molecule has 1 radical (unpaired) electrons. The Bertz CT molecular complexity index is 61.3. The van der Waals surface area contributed by atoms with Crippen LogP contribution in [0.15, 0.2) is 0 Å². The van der Waals surface area contributed by atoms with E-state index in [2.05, 4.69) is 0 Å². The molecule has 0 fully saturated rings. The summed E-state index contributed by atoms with van der Waals surface area (Å²) in [6.45, 7) is 7.51. The van der Waals surface area contributed by atoms with Gasteiger partial charge in [-0.25, -0.2) is 5.11 Å². The molecule has 0 aromatic heterocycles. The maximum Gasteiger partial charge on any atom is 0.101 e. The van der Waals surface area contributed by atoms with Gasteiger partial charge in [0.1, 0.15) is 5.60 Å². The van der Waals surface area contributed by atoms with E-state index >= 15 is 0 Å². The van der Waals surface area contributed by atoms with Gasteiger partial charge in [-0.1, -0.05) is 20.3 Å². The number of hydrogen-bond donors (Lipinski definition) is 0. The lowest BCUT2D eigenvalue weighted by molar-refractivity contribution is -0.0418. The summed E-state index contributed by atoms with van der Waals surface area (Å²) >= 11 is 0. The van der Waals surface area contributed by atoms with Gasteiger partial charge < -0.3 is 0 Å². The lowest BCUT2D eigenvalue weighted by atomic mass is 9.91. The SMILES string of the molecule is CCC(C)C(C)(C)[O]. The van der Waals surface area contributed by atoms with Gasteiger partial charge in [-0.2, -0.15) is 0 Å². The standard InChI is InChI=1S/C7H15O/c1-5-6(2)7(3,4)8/h6H,5H2,1-4H3. The average Bonchev–Trinajstić information content (AvgIpc) is 1.62. The second-order valence-electron chi connectivity index (χ2n) is 2.91. The molecule has 0 aromatic carbocycles. The van der Waals surface area contributed by atoms with Crippen LogP contribution in [0.4, 0.5) is 0 Å². The highest BCUT2D eigenvalue weighted by atomic mass is 16.3. The molecule has 1 unspecified atom stereocenters. The quantitative estimate of drug-likeness (QED) is 0.526. The summed E-state index contributed by atoms with van der Waals surface area (Å²) < 4.78 is 0. The van der Waals surface area contributed by atoms with Crippen molar-refractivity contribution in [3.63, 3.8) is 0 Å². The van der Waals surface area contributed by atoms with Crippen molar-refractivity contribution >= 4 is 0 Å². The molecule has 49 valence electrons. The fourth-order valence-corrected chi connectivity index (χ4v) is 0.492. The Balaban J connectivity index is 3.62. The van der Waals surface area contributed by atoms with E-state index in [9.17, 15) is 5.11 Å². The van der Waals surface area contributed by atoms with E-state index in [1.165, 1.54) is 0 Å². The maximum absolute atomic E-state index is 11.0. The van der Waals surface area contributed by atoms with Crippen LogP contribution in [0.2, 0.25) is 0 Å². The average molecular weight is 115 g/mol. The van der Waals surface area contributed by atoms with Gasteiger partial charge in [-0.3, -0.25) is 0 Å². The van der Waals surface area contributed by atoms with Gasteiger partial charge in [0.05, 0.1) is 0 Å². The van der Waals surface area contributed by atoms with Gasteiger partial charge >= 0.3 is 0 Å². The first kappa shape index (κ1) is 7.96. The zero-order valence-electron chi connectivity index (χ0n) is 6.19. The van der Waals surface area contributed by atoms with Gasteiger partial charge in [-0.05, 0) is 19.8 Å². The van der Waals surface area contributed by atoms with Crippen LogP contribution in [0.25, 0.3) is 0 Å². The normalized spacial score (nSPS) is 16.1. The Morgan fingerprint density at radius 1 is 1.50 bits per heavy atom. The van der Waals surface area contributed by atoms with Gasteiger partial charge in [-0.15, -0.1) is 0 Å². The van der Waals surface area contributed by atoms with Gasteiger partial charge in [0, 0.05) is 0 Å². The molecule has 0 amide bonds. The van der Waals surface area contributed by atoms with E-state index in [0.717, 1.165) is 6.42 Å². The third kappa shape index (κ3) is 2.31. The van der Waals surface area contributed by atoms with E-state index in [-0.39, 0.29) is 0 Å². The van der Waals surface area contributed by atoms with Crippen molar-refractivity contribution in [2.24, 2.45) is 5.92 Å². The van der Waals surface area contributed by atoms with Crippen molar-refractivity contribution in [2.45, 2.75) is 39.7 Å². The zero-order chi connectivity index (χ0) is 6.78. The molecule has 0 bridgehead atoms. The summed E-state index contributed by atoms with van der Waals surface area (Å²) in [6.07, 6.45) is 0.983. The van der Waals surface area contributed by atoms with Crippen LogP contribution in [0.5, 0.6) is 0 Å². The summed E-state index contributed by atoms with van der Waals surface area (Å²) in [4.78, 5) is 0. The summed E-state index contributed by atoms with van der Waals surface area (Å²) in [7, 11) is 0. The number of rotatable bonds is 2. The van der Waals surface area contributed by atoms with Crippen molar-refractivity contribution in [2.75, 3.05) is 0 Å². The molecule has 0 aliphatic rings. The van der Waals surface area contributed by atoms with Crippen LogP contribution < -0.4 is 0 Å². The molecule has 0 aliphatic heterocycles. The lowest BCUT2D eigenvalue weighted by Gasteiger charge is -2.20. The summed E-state index contributed by atoms with van der Waals surface area (Å²) in [5, 5.41) is 11.0. The predicted molar refractivity (Wildman–Crippen MR) is 34.2 cm³/mol. The molecule has 0 aliphatic carbocycles. The highest BCUT2D eigenvalue weighted by molar-refractivity contribution is 4.70. The Labute approximate surface area is 51.7 Å². The second-order valence-corrected chi connectivity index (χ2v) is 2.91. The molecule has 1 atom stereocenters. The Morgan fingerprint density at radius 2 is 1.88 bits per heavy atom. The molecule has 0 rings (SSSR count). The van der Waals surface area contributed by atoms with E-state index in [1.807, 2.05) is 13.8 Å². The molecule has 0 N–H and O–H groups in total. The molecular weight excluding hydrogens is 100 g/mol. The Morgan fingerprint density at radius 3 is 1.88 bits per heavy atom. The van der Waals surface area contributed by atoms with E-state index in [4.69, 9.17) is 0 Å². The van der Waals surface area contributed by atoms with Crippen molar-refractivity contribution in [1.29, 1.82) is 0 Å². The van der Waals surface area contributed by atoms with Crippen molar-refractivity contribution in [3.8, 4) is 0 Å². The molecule has 1 nitrogen and oxygen atoms in total. The van der Waals surface area contributed by atoms with Crippen LogP contribution >= 0.6 is 0 Å². The number of hydrogen-bond acceptors (Lipinski definition) is 0. The van der Waals surface area contributed by atoms with Gasteiger partial charge in [0.2, 0.25) is 0 Å². The van der Waals surface area contributed by atoms with E-state index < -0.39 is 5.60 Å². The van der Waals surface area contributed by atoms with Crippen LogP contribution in [-0.2, 0) is 5.11 Å². The van der Waals surface area contributed by atoms with Crippen molar-refractivity contribution in [1.82, 2.24) is 0 Å². The third-order valence-corrected chi connectivity index (χ3v) is 1.80. The predicted octanol–water partition coefficient (Wildman–Crippen LogP) is 2.24. The first-order valence-electron chi connectivity index (χ1n) is 3.19. The van der Waals surface area contributed by atoms with Crippen LogP contribution in [0.1, 0.15) is 34.1 Å². The van der Waals surface area contributed by atoms with Crippen molar-refractivity contribution < 1.29 is 5.11 Å². The summed E-state index contributed by atoms with van der Waals surface area (Å²) in [5.74, 6) is 0.294. The minimum atomic E-state index is -0.741. The molecule has 1 heteroatoms. The Hall–Kier alpha value is -0.0400. The highest BCUT2D eigenvalue weighted by Gasteiger charge is 2.21. The highest BCUT2D eigenvalue weighted by Crippen LogP contribution is 2.18. The summed E-state index contributed by atoms with van der Waals surface area (Å²) in [6, 6.07) is 0. The third-order valence-electron chi connectivity index (χ3n) is 1.80. The smallest absolute Gasteiger partial charge is 0.101 e. The monoisotopic (exact) mass is 115 g/mol. The molecule has 0 aromatic rings. The van der Waals surface area contributed by atoms with Crippen molar-refractivity contribution in [3.05, 3.63) is 0 Å². The molecular formula is C7H15O. The largest absolute Gasteiger partial charge is 0.230 e. The Kier molecular flexibility index (Phi) is 2.48. The molecule has 0 spiro atoms. The fourth-order valence-electron chi connectivity index (χ4n) is 0.492. The van der Waals surface area contributed by atoms with E-state index in [0.29, 0.717) is 5.92 Å². The topological polar surface area (TPSA) is 19.9 Å². The first-order chi connectivity index (χ1) is 3.48. The van der Waals surface area contributed by atoms with E-state index in [1.54, 1.807) is 13.8 Å². The van der Waals surface area contributed by atoms with Crippen LogP contribution in [0, 0.1) is 5.92 Å². The molecule has 0 saturated heterocycles. The molecule has 8 heavy (non-hydrogen) atoms. The lowest BCUT2D eigenvalue weighted by Crippen LogP contribution is -2.25. The zero-order valence-corrected chi connectivity index (χ0v) is 6.19. The van der Waals surface area contributed by atoms with Crippen LogP contribution in [0.3, 0.4) is 0 Å². The van der Waals surface area contributed by atoms with Gasteiger partial charge in [0.25, 0.3) is 0 Å². The first-order valence-corrected chi connectivity index (χ1v) is 3.19. The molecule has 0 saturated carbocycles. The second kappa shape index (κ2) is 2.49. The minimum absolute atomic E-state index is 0.294. The fraction of sp³-hybridized carbons (Fsp3) is 1.00. The van der Waals surface area contributed by atoms with Gasteiger partial charge in [0.15, 0.2) is 0 Å². The maximum atomic E-state index is 11.0.